The fourth-order valence-corrected chi connectivity index (χ4v) is 3.58. The van der Waals surface area contributed by atoms with Crippen LogP contribution in [0.5, 0.6) is 0 Å². The molecule has 94 valence electrons. The Labute approximate surface area is 125 Å². The molecule has 1 nitrogen and oxygen atoms in total. The number of anilines is 1. The van der Waals surface area contributed by atoms with E-state index in [1.54, 1.807) is 0 Å². The summed E-state index contributed by atoms with van der Waals surface area (Å²) in [7, 11) is 0. The van der Waals surface area contributed by atoms with Gasteiger partial charge in [0.1, 0.15) is 0 Å². The second-order valence-electron chi connectivity index (χ2n) is 4.45. The van der Waals surface area contributed by atoms with E-state index in [1.165, 1.54) is 16.7 Å². The molecule has 0 amide bonds. The van der Waals surface area contributed by atoms with Crippen molar-refractivity contribution in [2.45, 2.75) is 20.4 Å². The van der Waals surface area contributed by atoms with Gasteiger partial charge in [-0.2, -0.15) is 0 Å². The molecule has 2 aromatic carbocycles. The Hall–Kier alpha value is -0.800. The molecule has 0 radical (unpaired) electrons. The van der Waals surface area contributed by atoms with Crippen LogP contribution >= 0.6 is 31.9 Å². The van der Waals surface area contributed by atoms with Crippen LogP contribution in [0.25, 0.3) is 0 Å². The van der Waals surface area contributed by atoms with Crippen molar-refractivity contribution >= 4 is 37.5 Å². The summed E-state index contributed by atoms with van der Waals surface area (Å²) in [6.07, 6.45) is 0. The van der Waals surface area contributed by atoms with E-state index in [-0.39, 0.29) is 0 Å². The van der Waals surface area contributed by atoms with Crippen LogP contribution in [0.3, 0.4) is 0 Å². The van der Waals surface area contributed by atoms with Gasteiger partial charge in [-0.3, -0.25) is 0 Å². The fourth-order valence-electron chi connectivity index (χ4n) is 1.88. The lowest BCUT2D eigenvalue weighted by Gasteiger charge is -2.12. The third kappa shape index (κ3) is 3.36. The van der Waals surface area contributed by atoms with Crippen molar-refractivity contribution in [1.29, 1.82) is 0 Å². The molecule has 1 N–H and O–H groups in total. The van der Waals surface area contributed by atoms with Gasteiger partial charge in [0, 0.05) is 15.5 Å². The molecule has 0 aliphatic heterocycles. The third-order valence-corrected chi connectivity index (χ3v) is 3.99. The van der Waals surface area contributed by atoms with Crippen molar-refractivity contribution in [2.75, 3.05) is 5.32 Å². The topological polar surface area (TPSA) is 12.0 Å². The quantitative estimate of drug-likeness (QED) is 0.760. The first-order valence-corrected chi connectivity index (χ1v) is 7.40. The molecule has 2 rings (SSSR count). The van der Waals surface area contributed by atoms with Gasteiger partial charge in [-0.1, -0.05) is 29.8 Å². The van der Waals surface area contributed by atoms with Crippen molar-refractivity contribution in [3.05, 3.63) is 62.0 Å². The zero-order valence-electron chi connectivity index (χ0n) is 10.4. The zero-order valence-corrected chi connectivity index (χ0v) is 13.6. The molecule has 0 saturated heterocycles. The minimum atomic E-state index is 0.821. The average Bonchev–Trinajstić information content (AvgIpc) is 2.27. The number of benzene rings is 2. The normalized spacial score (nSPS) is 10.4. The van der Waals surface area contributed by atoms with Gasteiger partial charge < -0.3 is 5.32 Å². The molecule has 0 atom stereocenters. The molecular weight excluding hydrogens is 354 g/mol. The van der Waals surface area contributed by atoms with Crippen molar-refractivity contribution in [2.24, 2.45) is 0 Å². The lowest BCUT2D eigenvalue weighted by molar-refractivity contribution is 1.13. The number of hydrogen-bond donors (Lipinski definition) is 1. The summed E-state index contributed by atoms with van der Waals surface area (Å²) < 4.78 is 2.17. The summed E-state index contributed by atoms with van der Waals surface area (Å²) in [5.74, 6) is 0. The van der Waals surface area contributed by atoms with E-state index >= 15 is 0 Å². The summed E-state index contributed by atoms with van der Waals surface area (Å²) >= 11 is 7.19. The molecule has 2 aromatic rings. The van der Waals surface area contributed by atoms with Gasteiger partial charge >= 0.3 is 0 Å². The minimum Gasteiger partial charge on any atom is -0.379 e. The van der Waals surface area contributed by atoms with E-state index in [4.69, 9.17) is 0 Å². The van der Waals surface area contributed by atoms with Crippen LogP contribution in [-0.2, 0) is 6.54 Å². The standard InChI is InChI=1S/C15H15Br2N/c1-10-4-3-5-12(6-10)9-18-15-13(16)7-11(2)8-14(15)17/h3-8,18H,9H2,1-2H3. The molecule has 18 heavy (non-hydrogen) atoms. The highest BCUT2D eigenvalue weighted by molar-refractivity contribution is 9.11. The fraction of sp³-hybridized carbons (Fsp3) is 0.200. The summed E-state index contributed by atoms with van der Waals surface area (Å²) in [6.45, 7) is 5.02. The first kappa shape index (κ1) is 13.6. The first-order valence-electron chi connectivity index (χ1n) is 5.81. The Bertz CT molecular complexity index is 541. The van der Waals surface area contributed by atoms with Gasteiger partial charge in [-0.15, -0.1) is 0 Å². The van der Waals surface area contributed by atoms with E-state index in [0.717, 1.165) is 21.2 Å². The highest BCUT2D eigenvalue weighted by atomic mass is 79.9. The van der Waals surface area contributed by atoms with Crippen LogP contribution in [0.1, 0.15) is 16.7 Å². The Balaban J connectivity index is 2.16. The molecule has 0 heterocycles. The monoisotopic (exact) mass is 367 g/mol. The van der Waals surface area contributed by atoms with E-state index in [9.17, 15) is 0 Å². The smallest absolute Gasteiger partial charge is 0.0631 e. The number of rotatable bonds is 3. The van der Waals surface area contributed by atoms with E-state index in [1.807, 2.05) is 0 Å². The number of aryl methyl sites for hydroxylation is 2. The van der Waals surface area contributed by atoms with Gasteiger partial charge in [0.05, 0.1) is 5.69 Å². The van der Waals surface area contributed by atoms with Crippen molar-refractivity contribution < 1.29 is 0 Å². The van der Waals surface area contributed by atoms with Crippen LogP contribution in [0.2, 0.25) is 0 Å². The van der Waals surface area contributed by atoms with Crippen LogP contribution in [0.4, 0.5) is 5.69 Å². The maximum atomic E-state index is 3.59. The molecule has 3 heteroatoms. The third-order valence-electron chi connectivity index (χ3n) is 2.74. The summed E-state index contributed by atoms with van der Waals surface area (Å²) in [5, 5.41) is 3.46. The molecule has 0 fully saturated rings. The molecule has 0 aliphatic rings. The number of nitrogens with one attached hydrogen (secondary N) is 1. The Morgan fingerprint density at radius 2 is 1.61 bits per heavy atom. The molecule has 0 bridgehead atoms. The summed E-state index contributed by atoms with van der Waals surface area (Å²) in [5.41, 5.74) is 4.91. The number of hydrogen-bond acceptors (Lipinski definition) is 1. The molecule has 0 saturated carbocycles. The maximum Gasteiger partial charge on any atom is 0.0631 e. The van der Waals surface area contributed by atoms with E-state index < -0.39 is 0 Å². The largest absolute Gasteiger partial charge is 0.379 e. The van der Waals surface area contributed by atoms with E-state index in [0.29, 0.717) is 0 Å². The lowest BCUT2D eigenvalue weighted by atomic mass is 10.1. The lowest BCUT2D eigenvalue weighted by Crippen LogP contribution is -2.01. The molecule has 0 aromatic heterocycles. The van der Waals surface area contributed by atoms with Gasteiger partial charge in [0.15, 0.2) is 0 Å². The SMILES string of the molecule is Cc1cccc(CNc2c(Br)cc(C)cc2Br)c1. The van der Waals surface area contributed by atoms with Gasteiger partial charge in [0.25, 0.3) is 0 Å². The minimum absolute atomic E-state index is 0.821. The predicted octanol–water partition coefficient (Wildman–Crippen LogP) is 5.44. The molecule has 0 unspecified atom stereocenters. The van der Waals surface area contributed by atoms with Crippen LogP contribution in [-0.4, -0.2) is 0 Å². The molecule has 0 aliphatic carbocycles. The van der Waals surface area contributed by atoms with E-state index in [2.05, 4.69) is 87.4 Å². The molecular formula is C15H15Br2N. The Morgan fingerprint density at radius 1 is 0.944 bits per heavy atom. The van der Waals surface area contributed by atoms with Crippen LogP contribution < -0.4 is 5.32 Å². The molecule has 0 spiro atoms. The van der Waals surface area contributed by atoms with Gasteiger partial charge in [-0.25, -0.2) is 0 Å². The Kier molecular flexibility index (Phi) is 4.46. The zero-order chi connectivity index (χ0) is 13.1. The highest BCUT2D eigenvalue weighted by Crippen LogP contribution is 2.32. The predicted molar refractivity (Wildman–Crippen MR) is 85.1 cm³/mol. The van der Waals surface area contributed by atoms with Crippen molar-refractivity contribution in [3.8, 4) is 0 Å². The van der Waals surface area contributed by atoms with Gasteiger partial charge in [-0.05, 0) is 69.0 Å². The average molecular weight is 369 g/mol. The number of halogens is 2. The second-order valence-corrected chi connectivity index (χ2v) is 6.15. The first-order chi connectivity index (χ1) is 8.56. The van der Waals surface area contributed by atoms with Gasteiger partial charge in [0.2, 0.25) is 0 Å². The van der Waals surface area contributed by atoms with Crippen LogP contribution in [0, 0.1) is 13.8 Å². The highest BCUT2D eigenvalue weighted by Gasteiger charge is 2.05. The summed E-state index contributed by atoms with van der Waals surface area (Å²) in [4.78, 5) is 0. The summed E-state index contributed by atoms with van der Waals surface area (Å²) in [6, 6.07) is 12.8. The second kappa shape index (κ2) is 5.89. The Morgan fingerprint density at radius 3 is 2.22 bits per heavy atom. The maximum absolute atomic E-state index is 3.59. The van der Waals surface area contributed by atoms with Crippen molar-refractivity contribution in [1.82, 2.24) is 0 Å². The van der Waals surface area contributed by atoms with Crippen molar-refractivity contribution in [3.63, 3.8) is 0 Å². The van der Waals surface area contributed by atoms with Crippen LogP contribution in [0.15, 0.2) is 45.3 Å².